The van der Waals surface area contributed by atoms with E-state index in [1.807, 2.05) is 6.07 Å². The number of aliphatic imine (C=N–C) groups is 1. The van der Waals surface area contributed by atoms with Gasteiger partial charge in [0.15, 0.2) is 0 Å². The van der Waals surface area contributed by atoms with Crippen LogP contribution in [0.25, 0.3) is 0 Å². The van der Waals surface area contributed by atoms with E-state index in [1.54, 1.807) is 30.3 Å². The van der Waals surface area contributed by atoms with Gasteiger partial charge < -0.3 is 10.6 Å². The Labute approximate surface area is 144 Å². The summed E-state index contributed by atoms with van der Waals surface area (Å²) in [6.45, 7) is 2.32. The maximum absolute atomic E-state index is 14.3. The summed E-state index contributed by atoms with van der Waals surface area (Å²) < 4.78 is 14.3. The predicted molar refractivity (Wildman–Crippen MR) is 94.5 cm³/mol. The quantitative estimate of drug-likeness (QED) is 0.897. The van der Waals surface area contributed by atoms with Crippen LogP contribution in [0.1, 0.15) is 18.1 Å². The van der Waals surface area contributed by atoms with Gasteiger partial charge in [0.25, 0.3) is 0 Å². The molecule has 0 saturated heterocycles. The van der Waals surface area contributed by atoms with Gasteiger partial charge >= 0.3 is 0 Å². The Hall–Kier alpha value is -2.40. The number of nitrogens with one attached hydrogen (secondary N) is 2. The molecular formula is C18H17ClFN3O. The second kappa shape index (κ2) is 7.01. The zero-order valence-electron chi connectivity index (χ0n) is 13.1. The van der Waals surface area contributed by atoms with Crippen LogP contribution in [-0.2, 0) is 4.79 Å². The van der Waals surface area contributed by atoms with E-state index in [0.717, 1.165) is 11.3 Å². The van der Waals surface area contributed by atoms with Gasteiger partial charge in [0.05, 0.1) is 18.3 Å². The number of carbonyl (C=O) groups is 1. The lowest BCUT2D eigenvalue weighted by atomic mass is 10.00. The van der Waals surface area contributed by atoms with Crippen LogP contribution in [0.4, 0.5) is 10.1 Å². The number of carbonyl (C=O) groups excluding carboxylic acids is 1. The third-order valence-electron chi connectivity index (χ3n) is 3.79. The number of hydrogen-bond donors (Lipinski definition) is 2. The molecule has 1 amide bonds. The molecule has 4 nitrogen and oxygen atoms in total. The smallest absolute Gasteiger partial charge is 0.216 e. The normalized spacial score (nSPS) is 16.5. The zero-order valence-corrected chi connectivity index (χ0v) is 13.9. The Morgan fingerprint density at radius 3 is 2.88 bits per heavy atom. The van der Waals surface area contributed by atoms with E-state index in [0.29, 0.717) is 29.4 Å². The number of fused-ring (bicyclic) bond motifs is 1. The van der Waals surface area contributed by atoms with Crippen LogP contribution in [0.2, 0.25) is 5.02 Å². The van der Waals surface area contributed by atoms with Gasteiger partial charge in [-0.05, 0) is 30.3 Å². The summed E-state index contributed by atoms with van der Waals surface area (Å²) in [5.41, 5.74) is 2.55. The molecule has 1 heterocycles. The summed E-state index contributed by atoms with van der Waals surface area (Å²) in [7, 11) is 0. The maximum atomic E-state index is 14.3. The highest BCUT2D eigenvalue weighted by Gasteiger charge is 2.21. The largest absolute Gasteiger partial charge is 0.378 e. The molecule has 0 saturated carbocycles. The van der Waals surface area contributed by atoms with Crippen LogP contribution >= 0.6 is 11.6 Å². The van der Waals surface area contributed by atoms with Crippen molar-refractivity contribution in [1.29, 1.82) is 0 Å². The first-order valence-electron chi connectivity index (χ1n) is 7.65. The van der Waals surface area contributed by atoms with Crippen molar-refractivity contribution >= 4 is 28.9 Å². The molecule has 0 bridgehead atoms. The number of hydrogen-bond acceptors (Lipinski definition) is 3. The Morgan fingerprint density at radius 1 is 1.33 bits per heavy atom. The Kier molecular flexibility index (Phi) is 4.81. The predicted octanol–water partition coefficient (Wildman–Crippen LogP) is 3.25. The molecule has 0 radical (unpaired) electrons. The van der Waals surface area contributed by atoms with Gasteiger partial charge in [-0.2, -0.15) is 0 Å². The van der Waals surface area contributed by atoms with Gasteiger partial charge in [-0.1, -0.05) is 23.7 Å². The summed E-state index contributed by atoms with van der Waals surface area (Å²) in [4.78, 5) is 15.8. The Balaban J connectivity index is 2.03. The number of nitrogens with zero attached hydrogens (tertiary/aromatic N) is 1. The molecule has 2 N–H and O–H groups in total. The van der Waals surface area contributed by atoms with E-state index < -0.39 is 0 Å². The monoisotopic (exact) mass is 345 g/mol. The Morgan fingerprint density at radius 2 is 2.12 bits per heavy atom. The molecule has 2 aromatic rings. The van der Waals surface area contributed by atoms with Crippen molar-refractivity contribution in [3.8, 4) is 0 Å². The molecular weight excluding hydrogens is 329 g/mol. The highest BCUT2D eigenvalue weighted by molar-refractivity contribution is 6.31. The van der Waals surface area contributed by atoms with Crippen molar-refractivity contribution < 1.29 is 9.18 Å². The molecule has 2 aromatic carbocycles. The van der Waals surface area contributed by atoms with Crippen LogP contribution in [0.15, 0.2) is 47.5 Å². The second-order valence-electron chi connectivity index (χ2n) is 5.64. The topological polar surface area (TPSA) is 53.5 Å². The van der Waals surface area contributed by atoms with Gasteiger partial charge in [-0.3, -0.25) is 9.79 Å². The number of benzodiazepines with no additional fused rings is 1. The van der Waals surface area contributed by atoms with E-state index in [4.69, 9.17) is 11.6 Å². The maximum Gasteiger partial charge on any atom is 0.216 e. The van der Waals surface area contributed by atoms with Crippen molar-refractivity contribution in [2.24, 2.45) is 4.99 Å². The van der Waals surface area contributed by atoms with Crippen molar-refractivity contribution in [2.75, 3.05) is 18.4 Å². The first kappa shape index (κ1) is 16.5. The van der Waals surface area contributed by atoms with E-state index in [2.05, 4.69) is 15.6 Å². The number of rotatable bonds is 3. The zero-order chi connectivity index (χ0) is 17.1. The molecule has 0 aliphatic carbocycles. The van der Waals surface area contributed by atoms with E-state index in [9.17, 15) is 9.18 Å². The molecule has 24 heavy (non-hydrogen) atoms. The summed E-state index contributed by atoms with van der Waals surface area (Å²) in [5, 5.41) is 6.69. The molecule has 0 aromatic heterocycles. The average molecular weight is 346 g/mol. The van der Waals surface area contributed by atoms with Gasteiger partial charge in [0, 0.05) is 35.3 Å². The van der Waals surface area contributed by atoms with Crippen LogP contribution in [0.5, 0.6) is 0 Å². The van der Waals surface area contributed by atoms with Crippen LogP contribution in [0.3, 0.4) is 0 Å². The lowest BCUT2D eigenvalue weighted by molar-refractivity contribution is -0.118. The number of anilines is 1. The second-order valence-corrected chi connectivity index (χ2v) is 6.07. The standard InChI is InChI=1S/C18H17ClFN3O/c1-11(24)21-9-13-10-22-18(14-4-2-3-5-16(14)20)15-8-12(19)6-7-17(15)23-13/h2-8,13,23H,9-10H2,1H3,(H,21,24). The van der Waals surface area contributed by atoms with Crippen LogP contribution in [0, 0.1) is 5.82 Å². The van der Waals surface area contributed by atoms with Gasteiger partial charge in [0.1, 0.15) is 5.82 Å². The van der Waals surface area contributed by atoms with Crippen molar-refractivity contribution in [3.63, 3.8) is 0 Å². The van der Waals surface area contributed by atoms with Gasteiger partial charge in [-0.25, -0.2) is 4.39 Å². The molecule has 1 unspecified atom stereocenters. The van der Waals surface area contributed by atoms with Crippen molar-refractivity contribution in [2.45, 2.75) is 13.0 Å². The van der Waals surface area contributed by atoms with Crippen LogP contribution in [-0.4, -0.2) is 30.8 Å². The van der Waals surface area contributed by atoms with E-state index in [-0.39, 0.29) is 17.8 Å². The fraction of sp³-hybridized carbons (Fsp3) is 0.222. The summed E-state index contributed by atoms with van der Waals surface area (Å²) in [6, 6.07) is 11.8. The third-order valence-corrected chi connectivity index (χ3v) is 4.03. The first-order valence-corrected chi connectivity index (χ1v) is 8.02. The first-order chi connectivity index (χ1) is 11.5. The average Bonchev–Trinajstić information content (AvgIpc) is 2.72. The summed E-state index contributed by atoms with van der Waals surface area (Å²) >= 11 is 6.13. The number of benzene rings is 2. The summed E-state index contributed by atoms with van der Waals surface area (Å²) in [5.74, 6) is -0.432. The molecule has 0 fully saturated rings. The molecule has 6 heteroatoms. The minimum atomic E-state index is -0.331. The lowest BCUT2D eigenvalue weighted by Gasteiger charge is -2.17. The minimum absolute atomic E-state index is 0.0851. The van der Waals surface area contributed by atoms with E-state index >= 15 is 0 Å². The van der Waals surface area contributed by atoms with Crippen molar-refractivity contribution in [3.05, 3.63) is 64.4 Å². The molecule has 1 aliphatic heterocycles. The van der Waals surface area contributed by atoms with Crippen LogP contribution < -0.4 is 10.6 Å². The fourth-order valence-corrected chi connectivity index (χ4v) is 2.83. The van der Waals surface area contributed by atoms with Crippen molar-refractivity contribution in [1.82, 2.24) is 5.32 Å². The Bertz CT molecular complexity index is 807. The highest BCUT2D eigenvalue weighted by atomic mass is 35.5. The van der Waals surface area contributed by atoms with Gasteiger partial charge in [0.2, 0.25) is 5.91 Å². The molecule has 1 atom stereocenters. The fourth-order valence-electron chi connectivity index (χ4n) is 2.66. The number of amides is 1. The summed E-state index contributed by atoms with van der Waals surface area (Å²) in [6.07, 6.45) is 0. The highest BCUT2D eigenvalue weighted by Crippen LogP contribution is 2.27. The lowest BCUT2D eigenvalue weighted by Crippen LogP contribution is -2.37. The number of halogens is 2. The van der Waals surface area contributed by atoms with Gasteiger partial charge in [-0.15, -0.1) is 0 Å². The minimum Gasteiger partial charge on any atom is -0.378 e. The molecule has 1 aliphatic rings. The van der Waals surface area contributed by atoms with E-state index in [1.165, 1.54) is 13.0 Å². The molecule has 124 valence electrons. The molecule has 3 rings (SSSR count). The third kappa shape index (κ3) is 3.57. The molecule has 0 spiro atoms. The SMILES string of the molecule is CC(=O)NCC1CN=C(c2ccccc2F)c2cc(Cl)ccc2N1.